The number of aromatic amines is 2. The number of carbonyl (C=O) groups is 4. The minimum atomic E-state index is -1.15. The van der Waals surface area contributed by atoms with E-state index in [4.69, 9.17) is 14.2 Å². The van der Waals surface area contributed by atoms with Crippen molar-refractivity contribution in [2.24, 2.45) is 5.41 Å². The van der Waals surface area contributed by atoms with Gasteiger partial charge in [-0.05, 0) is 59.2 Å². The van der Waals surface area contributed by atoms with Crippen LogP contribution in [-0.2, 0) is 52.7 Å². The molecule has 0 amide bonds. The SMILES string of the molecule is CC(C)(COC(=O)CC1=CCc2ccccc21)[C@@H](OC(=O)Cc1c[nH]c2ccccc12)C(=O)CCCCOC(=O)Cc1c[nH]c2ccccc12. The maximum Gasteiger partial charge on any atom is 0.311 e. The van der Waals surface area contributed by atoms with E-state index in [0.717, 1.165) is 50.5 Å². The van der Waals surface area contributed by atoms with E-state index in [1.807, 2.05) is 85.1 Å². The number of Topliss-reactive ketones (excluding diaryl/α,β-unsaturated/α-hetero) is 1. The lowest BCUT2D eigenvalue weighted by molar-refractivity contribution is -0.167. The Hall–Kier alpha value is -5.44. The van der Waals surface area contributed by atoms with Crippen molar-refractivity contribution in [2.45, 2.75) is 64.9 Å². The molecule has 9 nitrogen and oxygen atoms in total. The minimum absolute atomic E-state index is 0.0242. The van der Waals surface area contributed by atoms with Crippen LogP contribution in [-0.4, -0.2) is 53.0 Å². The van der Waals surface area contributed by atoms with Gasteiger partial charge in [0.2, 0.25) is 0 Å². The Bertz CT molecular complexity index is 2050. The van der Waals surface area contributed by atoms with Crippen molar-refractivity contribution in [2.75, 3.05) is 13.2 Å². The highest BCUT2D eigenvalue weighted by molar-refractivity contribution is 5.91. The Labute approximate surface area is 291 Å². The summed E-state index contributed by atoms with van der Waals surface area (Å²) in [6.45, 7) is 3.58. The number of benzene rings is 3. The highest BCUT2D eigenvalue weighted by Gasteiger charge is 2.39. The molecule has 0 fully saturated rings. The average molecular weight is 675 g/mol. The molecule has 6 rings (SSSR count). The number of fused-ring (bicyclic) bond motifs is 3. The van der Waals surface area contributed by atoms with Crippen molar-refractivity contribution in [3.05, 3.63) is 114 Å². The van der Waals surface area contributed by atoms with Crippen LogP contribution >= 0.6 is 0 Å². The first-order valence-corrected chi connectivity index (χ1v) is 17.1. The van der Waals surface area contributed by atoms with E-state index in [0.29, 0.717) is 12.8 Å². The Morgan fingerprint density at radius 1 is 0.720 bits per heavy atom. The summed E-state index contributed by atoms with van der Waals surface area (Å²) in [5, 5.41) is 1.89. The third-order valence-corrected chi connectivity index (χ3v) is 9.22. The molecule has 0 aliphatic heterocycles. The van der Waals surface area contributed by atoms with E-state index in [9.17, 15) is 19.2 Å². The van der Waals surface area contributed by atoms with Crippen molar-refractivity contribution < 1.29 is 33.4 Å². The second-order valence-corrected chi connectivity index (χ2v) is 13.5. The fraction of sp³-hybridized carbons (Fsp3) is 0.317. The molecule has 0 saturated heterocycles. The number of ketones is 1. The number of hydrogen-bond donors (Lipinski definition) is 2. The first-order chi connectivity index (χ1) is 24.2. The lowest BCUT2D eigenvalue weighted by Gasteiger charge is -2.32. The van der Waals surface area contributed by atoms with Gasteiger partial charge in [-0.25, -0.2) is 0 Å². The van der Waals surface area contributed by atoms with Gasteiger partial charge in [-0.15, -0.1) is 0 Å². The summed E-state index contributed by atoms with van der Waals surface area (Å²) in [6, 6.07) is 23.4. The fourth-order valence-electron chi connectivity index (χ4n) is 6.54. The zero-order chi connectivity index (χ0) is 35.1. The topological polar surface area (TPSA) is 128 Å². The van der Waals surface area contributed by atoms with Crippen LogP contribution in [0.1, 0.15) is 61.8 Å². The second-order valence-electron chi connectivity index (χ2n) is 13.5. The van der Waals surface area contributed by atoms with E-state index >= 15 is 0 Å². The molecule has 3 aromatic carbocycles. The first kappa shape index (κ1) is 34.4. The van der Waals surface area contributed by atoms with Gasteiger partial charge < -0.3 is 24.2 Å². The summed E-state index contributed by atoms with van der Waals surface area (Å²) < 4.78 is 17.1. The predicted octanol–water partition coefficient (Wildman–Crippen LogP) is 7.23. The molecule has 9 heteroatoms. The van der Waals surface area contributed by atoms with E-state index in [2.05, 4.69) is 9.97 Å². The number of carbonyl (C=O) groups excluding carboxylic acids is 4. The standard InChI is InChI=1S/C41H42N2O7/c1-41(2,26-49-38(46)21-28-19-18-27-11-3-4-12-31(27)28)40(50-39(47)23-30-25-43-35-16-8-6-14-33(30)35)36(44)17-9-10-20-48-37(45)22-29-24-42-34-15-7-5-13-32(29)34/h3-8,11-16,19,24-25,40,42-43H,9-10,17-18,20-23,26H2,1-2H3/t40-/m0/s1. The Balaban J connectivity index is 1.04. The first-order valence-electron chi connectivity index (χ1n) is 17.1. The number of ether oxygens (including phenoxy) is 3. The van der Waals surface area contributed by atoms with Crippen molar-refractivity contribution >= 4 is 51.1 Å². The van der Waals surface area contributed by atoms with Gasteiger partial charge in [0.15, 0.2) is 11.9 Å². The van der Waals surface area contributed by atoms with Gasteiger partial charge in [0.25, 0.3) is 0 Å². The maximum absolute atomic E-state index is 13.7. The van der Waals surface area contributed by atoms with Crippen LogP contribution < -0.4 is 0 Å². The number of hydrogen-bond acceptors (Lipinski definition) is 7. The summed E-state index contributed by atoms with van der Waals surface area (Å²) in [4.78, 5) is 58.8. The predicted molar refractivity (Wildman–Crippen MR) is 191 cm³/mol. The van der Waals surface area contributed by atoms with E-state index in [1.165, 1.54) is 5.56 Å². The van der Waals surface area contributed by atoms with E-state index in [1.54, 1.807) is 20.0 Å². The fourth-order valence-corrected chi connectivity index (χ4v) is 6.54. The maximum atomic E-state index is 13.7. The molecule has 258 valence electrons. The van der Waals surface area contributed by atoms with Crippen molar-refractivity contribution in [1.29, 1.82) is 0 Å². The Morgan fingerprint density at radius 3 is 2.02 bits per heavy atom. The van der Waals surface area contributed by atoms with Gasteiger partial charge in [-0.2, -0.15) is 0 Å². The summed E-state index contributed by atoms with van der Waals surface area (Å²) in [7, 11) is 0. The van der Waals surface area contributed by atoms with Gasteiger partial charge in [0.1, 0.15) is 6.61 Å². The number of aromatic nitrogens is 2. The number of H-pyrrole nitrogens is 2. The number of esters is 3. The number of allylic oxidation sites excluding steroid dienone is 1. The van der Waals surface area contributed by atoms with Crippen molar-refractivity contribution in [3.63, 3.8) is 0 Å². The molecule has 0 radical (unpaired) electrons. The quantitative estimate of drug-likeness (QED) is 0.0642. The molecular formula is C41H42N2O7. The monoisotopic (exact) mass is 674 g/mol. The summed E-state index contributed by atoms with van der Waals surface area (Å²) >= 11 is 0. The zero-order valence-electron chi connectivity index (χ0n) is 28.5. The van der Waals surface area contributed by atoms with Gasteiger partial charge >= 0.3 is 17.9 Å². The summed E-state index contributed by atoms with van der Waals surface area (Å²) in [5.74, 6) is -1.58. The molecule has 0 unspecified atom stereocenters. The van der Waals surface area contributed by atoms with Crippen molar-refractivity contribution in [3.8, 4) is 0 Å². The highest BCUT2D eigenvalue weighted by Crippen LogP contribution is 2.31. The highest BCUT2D eigenvalue weighted by atomic mass is 16.6. The molecular weight excluding hydrogens is 632 g/mol. The second kappa shape index (κ2) is 15.4. The van der Waals surface area contributed by atoms with E-state index < -0.39 is 23.5 Å². The van der Waals surface area contributed by atoms with Crippen LogP contribution in [0.4, 0.5) is 0 Å². The van der Waals surface area contributed by atoms with Crippen LogP contribution in [0.25, 0.3) is 27.4 Å². The number of para-hydroxylation sites is 2. The zero-order valence-corrected chi connectivity index (χ0v) is 28.5. The van der Waals surface area contributed by atoms with Gasteiger partial charge in [0, 0.05) is 46.0 Å². The van der Waals surface area contributed by atoms with Crippen LogP contribution in [0.2, 0.25) is 0 Å². The van der Waals surface area contributed by atoms with Gasteiger partial charge in [-0.1, -0.05) is 80.6 Å². The molecule has 5 aromatic rings. The molecule has 1 atom stereocenters. The number of unbranched alkanes of at least 4 members (excludes halogenated alkanes) is 1. The summed E-state index contributed by atoms with van der Waals surface area (Å²) in [6.07, 6.45) is 6.48. The molecule has 0 spiro atoms. The lowest BCUT2D eigenvalue weighted by atomic mass is 9.83. The molecule has 2 aromatic heterocycles. The number of nitrogens with one attached hydrogen (secondary N) is 2. The lowest BCUT2D eigenvalue weighted by Crippen LogP contribution is -2.44. The summed E-state index contributed by atoms with van der Waals surface area (Å²) in [5.41, 5.74) is 5.63. The molecule has 2 N–H and O–H groups in total. The van der Waals surface area contributed by atoms with Crippen LogP contribution in [0.5, 0.6) is 0 Å². The van der Waals surface area contributed by atoms with Crippen LogP contribution in [0.15, 0.2) is 91.3 Å². The number of rotatable bonds is 16. The molecule has 2 heterocycles. The van der Waals surface area contributed by atoms with E-state index in [-0.39, 0.29) is 50.6 Å². The molecule has 50 heavy (non-hydrogen) atoms. The van der Waals surface area contributed by atoms with Gasteiger partial charge in [0.05, 0.1) is 25.9 Å². The Kier molecular flexibility index (Phi) is 10.6. The smallest absolute Gasteiger partial charge is 0.311 e. The minimum Gasteiger partial charge on any atom is -0.465 e. The molecule has 0 saturated carbocycles. The normalized spacial score (nSPS) is 13.1. The largest absolute Gasteiger partial charge is 0.465 e. The third-order valence-electron chi connectivity index (χ3n) is 9.22. The molecule has 1 aliphatic carbocycles. The third kappa shape index (κ3) is 8.22. The van der Waals surface area contributed by atoms with Crippen LogP contribution in [0, 0.1) is 5.41 Å². The molecule has 0 bridgehead atoms. The van der Waals surface area contributed by atoms with Gasteiger partial charge in [-0.3, -0.25) is 19.2 Å². The average Bonchev–Trinajstić information content (AvgIpc) is 3.83. The van der Waals surface area contributed by atoms with Crippen molar-refractivity contribution in [1.82, 2.24) is 9.97 Å². The Morgan fingerprint density at radius 2 is 1.32 bits per heavy atom. The molecule has 1 aliphatic rings. The van der Waals surface area contributed by atoms with Crippen LogP contribution in [0.3, 0.4) is 0 Å².